The van der Waals surface area contributed by atoms with Crippen LogP contribution in [0.2, 0.25) is 0 Å². The summed E-state index contributed by atoms with van der Waals surface area (Å²) in [6.45, 7) is 1.50. The highest BCUT2D eigenvalue weighted by Crippen LogP contribution is 2.43. The Bertz CT molecular complexity index is 2960. The van der Waals surface area contributed by atoms with Crippen LogP contribution in [0.5, 0.6) is 5.75 Å². The molecule has 9 rings (SSSR count). The van der Waals surface area contributed by atoms with E-state index in [1.54, 1.807) is 31.4 Å². The summed E-state index contributed by atoms with van der Waals surface area (Å²) in [6, 6.07) is 55.1. The van der Waals surface area contributed by atoms with Crippen molar-refractivity contribution in [2.45, 2.75) is 48.6 Å². The van der Waals surface area contributed by atoms with Crippen LogP contribution in [0.4, 0.5) is 5.13 Å². The highest BCUT2D eigenvalue weighted by molar-refractivity contribution is 8.00. The van der Waals surface area contributed by atoms with Crippen molar-refractivity contribution >= 4 is 69.8 Å². The summed E-state index contributed by atoms with van der Waals surface area (Å²) in [5.74, 6) is -1.77. The summed E-state index contributed by atoms with van der Waals surface area (Å²) in [4.78, 5) is 67.9. The summed E-state index contributed by atoms with van der Waals surface area (Å²) in [6.07, 6.45) is -0.0674. The molecule has 6 aromatic carbocycles. The van der Waals surface area contributed by atoms with Gasteiger partial charge in [0.05, 0.1) is 12.8 Å². The lowest BCUT2D eigenvalue weighted by Gasteiger charge is -2.49. The normalized spacial score (nSPS) is 16.2. The molecule has 1 fully saturated rings. The molecule has 13 nitrogen and oxygen atoms in total. The first-order chi connectivity index (χ1) is 35.6. The minimum atomic E-state index is -1.84. The number of esters is 2. The van der Waals surface area contributed by atoms with Crippen molar-refractivity contribution < 1.29 is 38.2 Å². The van der Waals surface area contributed by atoms with Crippen LogP contribution in [0.3, 0.4) is 0 Å². The van der Waals surface area contributed by atoms with Gasteiger partial charge < -0.3 is 29.7 Å². The second-order valence-corrected chi connectivity index (χ2v) is 19.6. The molecule has 370 valence electrons. The fourth-order valence-electron chi connectivity index (χ4n) is 8.78. The lowest BCUT2D eigenvalue weighted by molar-refractivity contribution is -0.174. The van der Waals surface area contributed by atoms with E-state index in [9.17, 15) is 19.2 Å². The number of nitrogens with zero attached hydrogens (tertiary/aromatic N) is 3. The highest BCUT2D eigenvalue weighted by Gasteiger charge is 2.54. The van der Waals surface area contributed by atoms with E-state index < -0.39 is 52.4 Å². The Morgan fingerprint density at radius 3 is 1.89 bits per heavy atom. The standard InChI is InChI=1S/C57H50ClN5O8S2/c1-56(54(67)70-50(39-18-8-3-9-19-39)40-20-10-4-11-21-40,32-45-37-73-55(60-45)62-57(42-22-12-5-13-23-42,43-24-14-6-15-25-43)44-26-16-7-17-27-44)71-59-34-47(64)61-48-51(65)63-49(41(33-58)36-72-52(48)63)53(66)69-35-38-28-30-46(68-2)31-29-38/h3-31,34,37,48,50,52H,32-33,35-36H2,1-2H3,(H,60,62)(H,61,64)/t48-,52-,56?/m1/s1. The van der Waals surface area contributed by atoms with Gasteiger partial charge in [0.1, 0.15) is 41.2 Å². The highest BCUT2D eigenvalue weighted by atomic mass is 35.5. The average Bonchev–Trinajstić information content (AvgIpc) is 3.88. The van der Waals surface area contributed by atoms with Crippen molar-refractivity contribution in [3.63, 3.8) is 0 Å². The van der Waals surface area contributed by atoms with E-state index in [1.807, 2.05) is 121 Å². The summed E-state index contributed by atoms with van der Waals surface area (Å²) in [5, 5.41) is 12.3. The minimum Gasteiger partial charge on any atom is -0.497 e. The number of methoxy groups -OCH3 is 1. The molecule has 1 aromatic heterocycles. The fraction of sp³-hybridized carbons (Fsp3) is 0.193. The van der Waals surface area contributed by atoms with Gasteiger partial charge >= 0.3 is 11.9 Å². The number of thiazole rings is 1. The number of anilines is 1. The summed E-state index contributed by atoms with van der Waals surface area (Å²) >= 11 is 8.98. The lowest BCUT2D eigenvalue weighted by Crippen LogP contribution is -2.70. The first-order valence-corrected chi connectivity index (χ1v) is 25.8. The summed E-state index contributed by atoms with van der Waals surface area (Å²) in [7, 11) is 1.56. The summed E-state index contributed by atoms with van der Waals surface area (Å²) < 4.78 is 17.2. The molecule has 3 heterocycles. The number of thioether (sulfide) groups is 1. The number of hydrogen-bond donors (Lipinski definition) is 2. The van der Waals surface area contributed by atoms with E-state index in [4.69, 9.17) is 35.6 Å². The predicted molar refractivity (Wildman–Crippen MR) is 283 cm³/mol. The third-order valence-electron chi connectivity index (χ3n) is 12.5. The van der Waals surface area contributed by atoms with Crippen molar-refractivity contribution in [2.24, 2.45) is 5.16 Å². The number of oxime groups is 1. The number of carbonyl (C=O) groups is 4. The number of benzene rings is 6. The van der Waals surface area contributed by atoms with Gasteiger partial charge in [0.2, 0.25) is 5.60 Å². The third-order valence-corrected chi connectivity index (χ3v) is 15.0. The Balaban J connectivity index is 0.953. The zero-order chi connectivity index (χ0) is 50.8. The molecular weight excluding hydrogens is 982 g/mol. The fourth-order valence-corrected chi connectivity index (χ4v) is 11.2. The Kier molecular flexibility index (Phi) is 15.7. The van der Waals surface area contributed by atoms with Crippen LogP contribution >= 0.6 is 34.7 Å². The molecule has 1 unspecified atom stereocenters. The molecule has 0 spiro atoms. The van der Waals surface area contributed by atoms with Gasteiger partial charge in [-0.15, -0.1) is 34.7 Å². The Morgan fingerprint density at radius 1 is 0.808 bits per heavy atom. The molecule has 1 saturated heterocycles. The number of amides is 2. The molecule has 3 atom stereocenters. The molecule has 2 aliphatic heterocycles. The third kappa shape index (κ3) is 11.0. The molecule has 16 heteroatoms. The van der Waals surface area contributed by atoms with Crippen molar-refractivity contribution in [1.82, 2.24) is 15.2 Å². The second kappa shape index (κ2) is 22.8. The Labute approximate surface area is 436 Å². The maximum atomic E-state index is 14.7. The summed E-state index contributed by atoms with van der Waals surface area (Å²) in [5.41, 5.74) is 3.52. The first kappa shape index (κ1) is 50.2. The number of β-lactam (4-membered cyclic amide) rings is 1. The number of hydrogen-bond acceptors (Lipinski definition) is 13. The molecular formula is C57H50ClN5O8S2. The number of ether oxygens (including phenoxy) is 3. The molecule has 0 aliphatic carbocycles. The maximum absolute atomic E-state index is 14.7. The van der Waals surface area contributed by atoms with Crippen LogP contribution in [0, 0.1) is 0 Å². The van der Waals surface area contributed by atoms with Gasteiger partial charge in [0.25, 0.3) is 11.8 Å². The average molecular weight is 1030 g/mol. The van der Waals surface area contributed by atoms with Crippen LogP contribution in [-0.2, 0) is 52.1 Å². The second-order valence-electron chi connectivity index (χ2n) is 17.4. The predicted octanol–water partition coefficient (Wildman–Crippen LogP) is 9.83. The van der Waals surface area contributed by atoms with Gasteiger partial charge in [0.15, 0.2) is 11.2 Å². The smallest absolute Gasteiger partial charge is 0.355 e. The number of halogens is 1. The molecule has 7 aromatic rings. The molecule has 2 N–H and O–H groups in total. The SMILES string of the molecule is COc1ccc(COC(=O)C2=C(CCl)CS[C@@H]3[C@H](NC(=O)C=NOC(C)(Cc4csc(NC(c5ccccc5)(c5ccccc5)c5ccccc5)n4)C(=O)OC(c4ccccc4)c4ccccc4)C(=O)N23)cc1. The number of rotatable bonds is 20. The van der Waals surface area contributed by atoms with Crippen molar-refractivity contribution in [2.75, 3.05) is 24.1 Å². The van der Waals surface area contributed by atoms with Crippen molar-refractivity contribution in [1.29, 1.82) is 0 Å². The molecule has 0 bridgehead atoms. The first-order valence-electron chi connectivity index (χ1n) is 23.3. The van der Waals surface area contributed by atoms with E-state index in [2.05, 4.69) is 52.2 Å². The van der Waals surface area contributed by atoms with Crippen molar-refractivity contribution in [3.8, 4) is 5.75 Å². The van der Waals surface area contributed by atoms with Gasteiger partial charge in [-0.1, -0.05) is 169 Å². The molecule has 0 saturated carbocycles. The number of carbonyl (C=O) groups excluding carboxylic acids is 4. The molecule has 2 amide bonds. The molecule has 2 aliphatic rings. The van der Waals surface area contributed by atoms with Gasteiger partial charge in [-0.2, -0.15) is 0 Å². The van der Waals surface area contributed by atoms with Gasteiger partial charge in [0, 0.05) is 23.4 Å². The van der Waals surface area contributed by atoms with E-state index in [-0.39, 0.29) is 24.6 Å². The monoisotopic (exact) mass is 1030 g/mol. The Morgan fingerprint density at radius 2 is 1.36 bits per heavy atom. The van der Waals surface area contributed by atoms with Crippen LogP contribution in [0.1, 0.15) is 52.1 Å². The zero-order valence-electron chi connectivity index (χ0n) is 39.8. The molecule has 0 radical (unpaired) electrons. The van der Waals surface area contributed by atoms with E-state index >= 15 is 0 Å². The van der Waals surface area contributed by atoms with Crippen LogP contribution in [0.15, 0.2) is 198 Å². The van der Waals surface area contributed by atoms with Crippen LogP contribution in [-0.4, -0.2) is 75.6 Å². The quantitative estimate of drug-likeness (QED) is 0.0187. The Hall–Kier alpha value is -7.72. The van der Waals surface area contributed by atoms with E-state index in [0.717, 1.165) is 39.6 Å². The van der Waals surface area contributed by atoms with Crippen LogP contribution in [0.25, 0.3) is 0 Å². The maximum Gasteiger partial charge on any atom is 0.355 e. The van der Waals surface area contributed by atoms with Gasteiger partial charge in [-0.3, -0.25) is 14.5 Å². The van der Waals surface area contributed by atoms with Crippen molar-refractivity contribution in [3.05, 3.63) is 232 Å². The lowest BCUT2D eigenvalue weighted by atomic mass is 9.77. The zero-order valence-corrected chi connectivity index (χ0v) is 42.1. The molecule has 73 heavy (non-hydrogen) atoms. The topological polar surface area (TPSA) is 158 Å². The van der Waals surface area contributed by atoms with E-state index in [1.165, 1.54) is 34.9 Å². The number of aromatic nitrogens is 1. The van der Waals surface area contributed by atoms with Gasteiger partial charge in [-0.25, -0.2) is 14.6 Å². The van der Waals surface area contributed by atoms with E-state index in [0.29, 0.717) is 27.9 Å². The van der Waals surface area contributed by atoms with Gasteiger partial charge in [-0.05, 0) is 58.0 Å². The number of alkyl halides is 1. The minimum absolute atomic E-state index is 0.00467. The number of fused-ring (bicyclic) bond motifs is 1. The van der Waals surface area contributed by atoms with Crippen LogP contribution < -0.4 is 15.4 Å². The largest absolute Gasteiger partial charge is 0.497 e. The number of nitrogens with one attached hydrogen (secondary N) is 2.